The van der Waals surface area contributed by atoms with Crippen LogP contribution in [0.2, 0.25) is 0 Å². The van der Waals surface area contributed by atoms with Gasteiger partial charge in [0, 0.05) is 6.07 Å². The fourth-order valence-corrected chi connectivity index (χ4v) is 1.01. The number of carboxylic acid groups (broad SMARTS) is 1. The molecule has 12 heavy (non-hydrogen) atoms. The van der Waals surface area contributed by atoms with Crippen molar-refractivity contribution in [1.82, 2.24) is 0 Å². The lowest BCUT2D eigenvalue weighted by Gasteiger charge is -2.00. The van der Waals surface area contributed by atoms with Crippen molar-refractivity contribution in [3.05, 3.63) is 29.1 Å². The molecule has 0 bridgehead atoms. The molecule has 3 nitrogen and oxygen atoms in total. The van der Waals surface area contributed by atoms with Crippen LogP contribution in [0.5, 0.6) is 5.75 Å². The van der Waals surface area contributed by atoms with Gasteiger partial charge in [-0.2, -0.15) is 0 Å². The summed E-state index contributed by atoms with van der Waals surface area (Å²) in [5, 5.41) is 15.6. The van der Waals surface area contributed by atoms with Gasteiger partial charge < -0.3 is 10.2 Å². The Balaban J connectivity index is 3.38. The van der Waals surface area contributed by atoms with Crippen LogP contribution >= 0.6 is 0 Å². The molecular formula is C8H8FO3+. The van der Waals surface area contributed by atoms with Crippen molar-refractivity contribution in [2.45, 2.75) is 6.92 Å². The first-order valence-electron chi connectivity index (χ1n) is 3.27. The van der Waals surface area contributed by atoms with Crippen LogP contribution in [-0.2, 0) is 0 Å². The Hall–Kier alpha value is -1.58. The van der Waals surface area contributed by atoms with Crippen molar-refractivity contribution in [2.24, 2.45) is 0 Å². The quantitative estimate of drug-likeness (QED) is 0.647. The molecule has 64 valence electrons. The summed E-state index contributed by atoms with van der Waals surface area (Å²) in [5.41, 5.74) is -0.0847. The lowest BCUT2D eigenvalue weighted by atomic mass is 10.1. The molecule has 1 rings (SSSR count). The third-order valence-electron chi connectivity index (χ3n) is 1.50. The zero-order chi connectivity index (χ0) is 9.30. The van der Waals surface area contributed by atoms with Crippen molar-refractivity contribution >= 4 is 5.97 Å². The molecule has 0 aromatic heterocycles. The summed E-state index contributed by atoms with van der Waals surface area (Å²) in [7, 11) is 0. The Labute approximate surface area is 68.1 Å². The van der Waals surface area contributed by atoms with Crippen LogP contribution in [0, 0.1) is 12.7 Å². The fraction of sp³-hybridized carbons (Fsp3) is 0.125. The largest absolute Gasteiger partial charge is 0.593 e. The van der Waals surface area contributed by atoms with Crippen LogP contribution < -0.4 is 0 Å². The maximum Gasteiger partial charge on any atom is 0.338 e. The van der Waals surface area contributed by atoms with E-state index in [1.54, 1.807) is 0 Å². The molecule has 3 N–H and O–H groups in total. The van der Waals surface area contributed by atoms with Crippen LogP contribution in [0.25, 0.3) is 0 Å². The molecule has 0 aliphatic heterocycles. The Kier molecular flexibility index (Phi) is 1.99. The highest BCUT2D eigenvalue weighted by molar-refractivity contribution is 5.89. The summed E-state index contributed by atoms with van der Waals surface area (Å²) in [5.74, 6) is -2.17. The first-order valence-corrected chi connectivity index (χ1v) is 3.27. The maximum absolute atomic E-state index is 12.9. The van der Waals surface area contributed by atoms with Crippen LogP contribution in [0.3, 0.4) is 0 Å². The van der Waals surface area contributed by atoms with Gasteiger partial charge in [0.05, 0.1) is 11.6 Å². The molecule has 0 heterocycles. The standard InChI is InChI=1S/C8H7FO3/c1-4-2-5(10)3-6(9)7(4)8(11)12/h2-3,10H,1H3,(H,11,12)/p+1. The molecule has 0 aliphatic rings. The highest BCUT2D eigenvalue weighted by Gasteiger charge is 2.15. The van der Waals surface area contributed by atoms with Gasteiger partial charge in [0.1, 0.15) is 5.82 Å². The van der Waals surface area contributed by atoms with Crippen molar-refractivity contribution in [3.8, 4) is 5.75 Å². The van der Waals surface area contributed by atoms with E-state index in [4.69, 9.17) is 10.2 Å². The van der Waals surface area contributed by atoms with Gasteiger partial charge in [0.2, 0.25) is 0 Å². The minimum Gasteiger partial charge on any atom is -0.593 e. The van der Waals surface area contributed by atoms with Gasteiger partial charge in [-0.05, 0) is 12.5 Å². The molecule has 0 amide bonds. The van der Waals surface area contributed by atoms with Gasteiger partial charge in [-0.15, -0.1) is 0 Å². The van der Waals surface area contributed by atoms with Gasteiger partial charge >= 0.3 is 5.97 Å². The topological polar surface area (TPSA) is 60.2 Å². The molecule has 0 unspecified atom stereocenters. The van der Waals surface area contributed by atoms with E-state index in [-0.39, 0.29) is 16.9 Å². The fourth-order valence-electron chi connectivity index (χ4n) is 1.01. The monoisotopic (exact) mass is 171 g/mol. The van der Waals surface area contributed by atoms with E-state index in [0.29, 0.717) is 0 Å². The lowest BCUT2D eigenvalue weighted by molar-refractivity contribution is 0.0691. The number of hydrogen-bond acceptors (Lipinski definition) is 1. The molecule has 4 heteroatoms. The van der Waals surface area contributed by atoms with E-state index in [0.717, 1.165) is 6.07 Å². The van der Waals surface area contributed by atoms with E-state index in [2.05, 4.69) is 0 Å². The number of rotatable bonds is 1. The van der Waals surface area contributed by atoms with Crippen LogP contribution in [0.1, 0.15) is 15.9 Å². The van der Waals surface area contributed by atoms with Gasteiger partial charge in [0.15, 0.2) is 0 Å². The normalized spacial score (nSPS) is 9.83. The van der Waals surface area contributed by atoms with Crippen molar-refractivity contribution in [2.75, 3.05) is 0 Å². The summed E-state index contributed by atoms with van der Waals surface area (Å²) < 4.78 is 12.9. The smallest absolute Gasteiger partial charge is 0.338 e. The van der Waals surface area contributed by atoms with E-state index >= 15 is 0 Å². The predicted octanol–water partition coefficient (Wildman–Crippen LogP) is 1.27. The first-order chi connectivity index (χ1) is 5.52. The second kappa shape index (κ2) is 2.81. The molecule has 0 radical (unpaired) electrons. The Morgan fingerprint density at radius 2 is 2.17 bits per heavy atom. The first kappa shape index (κ1) is 8.52. The highest BCUT2D eigenvalue weighted by atomic mass is 19.1. The van der Waals surface area contributed by atoms with E-state index < -0.39 is 11.8 Å². The Morgan fingerprint density at radius 1 is 1.58 bits per heavy atom. The molecule has 0 saturated heterocycles. The van der Waals surface area contributed by atoms with Crippen LogP contribution in [0.15, 0.2) is 12.1 Å². The maximum atomic E-state index is 12.9. The highest BCUT2D eigenvalue weighted by Crippen LogP contribution is 2.19. The number of hydrogen-bond donors (Lipinski definition) is 1. The third kappa shape index (κ3) is 1.37. The van der Waals surface area contributed by atoms with Gasteiger partial charge in [-0.25, -0.2) is 9.18 Å². The summed E-state index contributed by atoms with van der Waals surface area (Å²) in [6.45, 7) is 1.46. The van der Waals surface area contributed by atoms with E-state index in [1.807, 2.05) is 0 Å². The second-order valence-corrected chi connectivity index (χ2v) is 2.46. The average Bonchev–Trinajstić information content (AvgIpc) is 1.82. The molecule has 0 aliphatic carbocycles. The number of aromatic carboxylic acids is 1. The molecular weight excluding hydrogens is 163 g/mol. The summed E-state index contributed by atoms with van der Waals surface area (Å²) >= 11 is 0. The molecule has 1 aromatic rings. The minimum absolute atomic E-state index is 0.0185. The SMILES string of the molecule is Cc1cc([OH2+])cc(F)c1C(=O)O. The van der Waals surface area contributed by atoms with Crippen molar-refractivity contribution in [1.29, 1.82) is 0 Å². The zero-order valence-corrected chi connectivity index (χ0v) is 6.39. The van der Waals surface area contributed by atoms with Gasteiger partial charge in [-0.1, -0.05) is 0 Å². The summed E-state index contributed by atoms with van der Waals surface area (Å²) in [4.78, 5) is 10.5. The molecule has 0 fully saturated rings. The Bertz CT molecular complexity index is 310. The van der Waals surface area contributed by atoms with Gasteiger partial charge in [-0.3, -0.25) is 0 Å². The van der Waals surface area contributed by atoms with E-state index in [9.17, 15) is 9.18 Å². The summed E-state index contributed by atoms with van der Waals surface area (Å²) in [6, 6.07) is 2.20. The predicted molar refractivity (Wildman–Crippen MR) is 41.2 cm³/mol. The number of benzene rings is 1. The van der Waals surface area contributed by atoms with Crippen molar-refractivity contribution in [3.63, 3.8) is 0 Å². The average molecular weight is 171 g/mol. The molecule has 1 aromatic carbocycles. The number of carboxylic acids is 1. The lowest BCUT2D eigenvalue weighted by Crippen LogP contribution is -2.03. The summed E-state index contributed by atoms with van der Waals surface area (Å²) in [6.07, 6.45) is 0. The number of halogens is 1. The number of aryl methyl sites for hydroxylation is 1. The van der Waals surface area contributed by atoms with E-state index in [1.165, 1.54) is 13.0 Å². The molecule has 0 atom stereocenters. The molecule has 0 spiro atoms. The molecule has 0 saturated carbocycles. The van der Waals surface area contributed by atoms with Crippen LogP contribution in [-0.4, -0.2) is 16.2 Å². The third-order valence-corrected chi connectivity index (χ3v) is 1.50. The van der Waals surface area contributed by atoms with Gasteiger partial charge in [0.25, 0.3) is 5.75 Å². The van der Waals surface area contributed by atoms with Crippen molar-refractivity contribution < 1.29 is 19.4 Å². The second-order valence-electron chi connectivity index (χ2n) is 2.46. The number of carbonyl (C=O) groups is 1. The minimum atomic E-state index is -1.30. The zero-order valence-electron chi connectivity index (χ0n) is 6.39. The Morgan fingerprint density at radius 3 is 2.58 bits per heavy atom. The van der Waals surface area contributed by atoms with Crippen LogP contribution in [0.4, 0.5) is 4.39 Å².